The number of carbonyl (C=O) groups excluding carboxylic acids is 1. The molecule has 1 aliphatic heterocycles. The van der Waals surface area contributed by atoms with Crippen molar-refractivity contribution in [3.05, 3.63) is 29.5 Å². The van der Waals surface area contributed by atoms with Gasteiger partial charge in [0.15, 0.2) is 0 Å². The summed E-state index contributed by atoms with van der Waals surface area (Å²) >= 11 is 0. The second-order valence-corrected chi connectivity index (χ2v) is 5.99. The Labute approximate surface area is 145 Å². The van der Waals surface area contributed by atoms with Gasteiger partial charge in [0.25, 0.3) is 0 Å². The highest BCUT2D eigenvalue weighted by molar-refractivity contribution is 5.98. The number of hydrogen-bond acceptors (Lipinski definition) is 5. The molecule has 0 radical (unpaired) electrons. The van der Waals surface area contributed by atoms with Gasteiger partial charge in [0.1, 0.15) is 17.4 Å². The summed E-state index contributed by atoms with van der Waals surface area (Å²) in [6.45, 7) is 4.73. The van der Waals surface area contributed by atoms with Crippen LogP contribution in [0, 0.1) is 6.92 Å². The molecule has 7 nitrogen and oxygen atoms in total. The first kappa shape index (κ1) is 17.1. The van der Waals surface area contributed by atoms with Crippen molar-refractivity contribution in [3.63, 3.8) is 0 Å². The van der Waals surface area contributed by atoms with Gasteiger partial charge in [-0.1, -0.05) is 6.07 Å². The third-order valence-corrected chi connectivity index (χ3v) is 4.38. The molecule has 0 aliphatic carbocycles. The summed E-state index contributed by atoms with van der Waals surface area (Å²) < 4.78 is 16.8. The minimum atomic E-state index is -0.898. The summed E-state index contributed by atoms with van der Waals surface area (Å²) in [5, 5.41) is 9.78. The summed E-state index contributed by atoms with van der Waals surface area (Å²) in [5.74, 6) is 0.341. The molecule has 1 fully saturated rings. The van der Waals surface area contributed by atoms with Crippen molar-refractivity contribution in [2.24, 2.45) is 0 Å². The van der Waals surface area contributed by atoms with E-state index in [1.165, 1.54) is 4.90 Å². The fourth-order valence-electron chi connectivity index (χ4n) is 3.10. The number of furan rings is 1. The van der Waals surface area contributed by atoms with Crippen LogP contribution in [0.25, 0.3) is 11.0 Å². The molecule has 0 atom stereocenters. The first-order chi connectivity index (χ1) is 12.0. The van der Waals surface area contributed by atoms with Gasteiger partial charge in [0.2, 0.25) is 5.76 Å². The van der Waals surface area contributed by atoms with Gasteiger partial charge in [-0.25, -0.2) is 9.59 Å². The van der Waals surface area contributed by atoms with E-state index in [9.17, 15) is 9.59 Å². The minimum absolute atomic E-state index is 0.0680. The molecule has 1 aromatic heterocycles. The topological polar surface area (TPSA) is 89.2 Å². The van der Waals surface area contributed by atoms with Gasteiger partial charge >= 0.3 is 12.1 Å². The van der Waals surface area contributed by atoms with Crippen LogP contribution in [0.1, 0.15) is 35.9 Å². The molecule has 1 aliphatic rings. The number of hydrogen-bond donors (Lipinski definition) is 1. The zero-order valence-corrected chi connectivity index (χ0v) is 14.3. The predicted molar refractivity (Wildman–Crippen MR) is 90.2 cm³/mol. The van der Waals surface area contributed by atoms with Crippen molar-refractivity contribution in [3.8, 4) is 5.75 Å². The van der Waals surface area contributed by atoms with Crippen molar-refractivity contribution in [1.29, 1.82) is 0 Å². The summed E-state index contributed by atoms with van der Waals surface area (Å²) in [6, 6.07) is 5.43. The minimum Gasteiger partial charge on any atom is -0.490 e. The molecule has 1 amide bonds. The molecule has 2 aromatic rings. The third-order valence-electron chi connectivity index (χ3n) is 4.38. The first-order valence-electron chi connectivity index (χ1n) is 8.35. The van der Waals surface area contributed by atoms with Gasteiger partial charge in [0, 0.05) is 31.5 Å². The van der Waals surface area contributed by atoms with Crippen LogP contribution in [0.3, 0.4) is 0 Å². The largest absolute Gasteiger partial charge is 0.490 e. The van der Waals surface area contributed by atoms with Crippen LogP contribution in [0.2, 0.25) is 0 Å². The molecular weight excluding hydrogens is 326 g/mol. The Hall–Kier alpha value is -2.70. The number of aryl methyl sites for hydroxylation is 1. The van der Waals surface area contributed by atoms with Crippen LogP contribution in [0.15, 0.2) is 22.6 Å². The van der Waals surface area contributed by atoms with Crippen LogP contribution in [-0.4, -0.2) is 47.9 Å². The fourth-order valence-corrected chi connectivity index (χ4v) is 3.10. The quantitative estimate of drug-likeness (QED) is 0.852. The maximum atomic E-state index is 12.0. The smallest absolute Gasteiger partial charge is 0.407 e. The van der Waals surface area contributed by atoms with Crippen LogP contribution >= 0.6 is 0 Å². The molecule has 25 heavy (non-hydrogen) atoms. The van der Waals surface area contributed by atoms with Crippen LogP contribution < -0.4 is 4.74 Å². The van der Waals surface area contributed by atoms with E-state index in [0.29, 0.717) is 42.8 Å². The van der Waals surface area contributed by atoms with Crippen molar-refractivity contribution < 1.29 is 28.6 Å². The molecule has 7 heteroatoms. The highest BCUT2D eigenvalue weighted by Gasteiger charge is 2.26. The van der Waals surface area contributed by atoms with Crippen LogP contribution in [0.4, 0.5) is 4.79 Å². The lowest BCUT2D eigenvalue weighted by Crippen LogP contribution is -2.41. The van der Waals surface area contributed by atoms with E-state index in [1.807, 2.05) is 12.1 Å². The molecule has 134 valence electrons. The first-order valence-corrected chi connectivity index (χ1v) is 8.35. The number of nitrogens with zero attached hydrogens (tertiary/aromatic N) is 1. The number of ether oxygens (including phenoxy) is 2. The molecule has 3 rings (SSSR count). The summed E-state index contributed by atoms with van der Waals surface area (Å²) in [4.78, 5) is 24.4. The van der Waals surface area contributed by atoms with E-state index >= 15 is 0 Å². The summed E-state index contributed by atoms with van der Waals surface area (Å²) in [7, 11) is 0. The van der Waals surface area contributed by atoms with Gasteiger partial charge in [-0.15, -0.1) is 0 Å². The zero-order valence-electron chi connectivity index (χ0n) is 14.3. The Morgan fingerprint density at radius 1 is 1.32 bits per heavy atom. The van der Waals surface area contributed by atoms with Crippen LogP contribution in [-0.2, 0) is 4.74 Å². The number of rotatable bonds is 4. The molecule has 1 saturated heterocycles. The number of esters is 1. The average molecular weight is 347 g/mol. The Morgan fingerprint density at radius 2 is 2.04 bits per heavy atom. The van der Waals surface area contributed by atoms with Gasteiger partial charge in [-0.3, -0.25) is 0 Å². The Morgan fingerprint density at radius 3 is 2.68 bits per heavy atom. The number of carbonyl (C=O) groups is 2. The molecule has 1 N–H and O–H groups in total. The van der Waals surface area contributed by atoms with Crippen molar-refractivity contribution in [2.75, 3.05) is 19.7 Å². The van der Waals surface area contributed by atoms with Gasteiger partial charge in [-0.2, -0.15) is 0 Å². The van der Waals surface area contributed by atoms with Crippen molar-refractivity contribution >= 4 is 23.0 Å². The monoisotopic (exact) mass is 347 g/mol. The van der Waals surface area contributed by atoms with E-state index in [-0.39, 0.29) is 18.5 Å². The average Bonchev–Trinajstić information content (AvgIpc) is 2.94. The van der Waals surface area contributed by atoms with Gasteiger partial charge in [-0.05, 0) is 26.0 Å². The van der Waals surface area contributed by atoms with E-state index in [4.69, 9.17) is 19.0 Å². The van der Waals surface area contributed by atoms with Crippen LogP contribution in [0.5, 0.6) is 5.75 Å². The fraction of sp³-hybridized carbons (Fsp3) is 0.444. The Balaban J connectivity index is 1.83. The summed E-state index contributed by atoms with van der Waals surface area (Å²) in [5.41, 5.74) is 1.26. The third kappa shape index (κ3) is 3.40. The highest BCUT2D eigenvalue weighted by Crippen LogP contribution is 2.34. The van der Waals surface area contributed by atoms with Crippen molar-refractivity contribution in [2.45, 2.75) is 32.8 Å². The second kappa shape index (κ2) is 7.04. The van der Waals surface area contributed by atoms with Crippen molar-refractivity contribution in [1.82, 2.24) is 4.90 Å². The van der Waals surface area contributed by atoms with E-state index in [0.717, 1.165) is 5.39 Å². The normalized spacial score (nSPS) is 15.4. The number of carboxylic acid groups (broad SMARTS) is 1. The molecular formula is C18H21NO6. The molecule has 0 bridgehead atoms. The number of benzene rings is 1. The van der Waals surface area contributed by atoms with E-state index in [2.05, 4.69) is 0 Å². The number of amides is 1. The zero-order chi connectivity index (χ0) is 18.0. The number of fused-ring (bicyclic) bond motifs is 1. The van der Waals surface area contributed by atoms with Gasteiger partial charge < -0.3 is 23.9 Å². The lowest BCUT2D eigenvalue weighted by Gasteiger charge is -2.30. The lowest BCUT2D eigenvalue weighted by atomic mass is 10.1. The summed E-state index contributed by atoms with van der Waals surface area (Å²) in [6.07, 6.45) is 0.293. The molecule has 0 unspecified atom stereocenters. The predicted octanol–water partition coefficient (Wildman–Crippen LogP) is 3.44. The standard InChI is InChI=1S/C18H21NO6/c1-3-23-17(20)16-11(2)15-13(5-4-6-14(15)25-16)24-12-7-9-19(10-8-12)18(21)22/h4-6,12H,3,7-10H2,1-2H3,(H,21,22). The Kier molecular flexibility index (Phi) is 4.83. The lowest BCUT2D eigenvalue weighted by molar-refractivity contribution is 0.0491. The molecule has 2 heterocycles. The number of likely N-dealkylation sites (tertiary alicyclic amines) is 1. The van der Waals surface area contributed by atoms with E-state index in [1.54, 1.807) is 19.9 Å². The number of piperidine rings is 1. The highest BCUT2D eigenvalue weighted by atomic mass is 16.5. The SMILES string of the molecule is CCOC(=O)c1oc2cccc(OC3CCN(C(=O)O)CC3)c2c1C. The maximum absolute atomic E-state index is 12.0. The molecule has 0 spiro atoms. The Bertz CT molecular complexity index is 788. The van der Waals surface area contributed by atoms with Gasteiger partial charge in [0.05, 0.1) is 12.0 Å². The second-order valence-electron chi connectivity index (χ2n) is 5.99. The molecule has 0 saturated carbocycles. The molecule has 1 aromatic carbocycles. The van der Waals surface area contributed by atoms with E-state index < -0.39 is 12.1 Å². The maximum Gasteiger partial charge on any atom is 0.407 e.